The molecule has 2 aliphatic carbocycles. The molecule has 0 radical (unpaired) electrons. The number of pyridine rings is 1. The van der Waals surface area contributed by atoms with E-state index in [-0.39, 0.29) is 0 Å². The summed E-state index contributed by atoms with van der Waals surface area (Å²) in [7, 11) is 0. The van der Waals surface area contributed by atoms with Crippen molar-refractivity contribution in [2.24, 2.45) is 0 Å². The van der Waals surface area contributed by atoms with Crippen LogP contribution in [0.5, 0.6) is 0 Å². The largest absolute Gasteiger partial charge is 0.311 e. The number of fused-ring (bicyclic) bond motifs is 1. The molecule has 2 heteroatoms. The van der Waals surface area contributed by atoms with E-state index in [1.807, 2.05) is 33.9 Å². The highest BCUT2D eigenvalue weighted by Crippen LogP contribution is 2.24. The molecule has 2 nitrogen and oxygen atoms in total. The molecule has 21 heavy (non-hydrogen) atoms. The zero-order valence-corrected chi connectivity index (χ0v) is 14.7. The third-order valence-electron chi connectivity index (χ3n) is 4.22. The molecule has 0 aliphatic heterocycles. The number of aryl methyl sites for hydroxylation is 2. The summed E-state index contributed by atoms with van der Waals surface area (Å²) in [5.41, 5.74) is 4.11. The molecule has 0 spiro atoms. The summed E-state index contributed by atoms with van der Waals surface area (Å²) in [6.45, 7) is 10.1. The Hall–Kier alpha value is -0.890. The lowest BCUT2D eigenvalue weighted by Gasteiger charge is -2.28. The third-order valence-corrected chi connectivity index (χ3v) is 4.22. The fourth-order valence-electron chi connectivity index (χ4n) is 3.31. The van der Waals surface area contributed by atoms with Crippen LogP contribution in [0.1, 0.15) is 76.6 Å². The Balaban J connectivity index is 0.000000510. The van der Waals surface area contributed by atoms with E-state index in [2.05, 4.69) is 23.3 Å². The molecule has 1 heterocycles. The Kier molecular flexibility index (Phi) is 8.60. The number of hydrogen-bond acceptors (Lipinski definition) is 2. The molecule has 1 aromatic heterocycles. The van der Waals surface area contributed by atoms with Gasteiger partial charge in [0.15, 0.2) is 0 Å². The van der Waals surface area contributed by atoms with Crippen molar-refractivity contribution < 1.29 is 0 Å². The van der Waals surface area contributed by atoms with Crippen LogP contribution in [0.2, 0.25) is 0 Å². The maximum absolute atomic E-state index is 4.56. The average Bonchev–Trinajstić information content (AvgIpc) is 3.04. The number of rotatable bonds is 2. The summed E-state index contributed by atoms with van der Waals surface area (Å²) < 4.78 is 0. The van der Waals surface area contributed by atoms with Crippen molar-refractivity contribution in [3.05, 3.63) is 29.1 Å². The van der Waals surface area contributed by atoms with Gasteiger partial charge in [0.2, 0.25) is 0 Å². The summed E-state index contributed by atoms with van der Waals surface area (Å²) in [6.07, 6.45) is 11.2. The molecule has 1 saturated carbocycles. The Bertz CT molecular complexity index is 395. The first-order chi connectivity index (χ1) is 10.3. The zero-order valence-electron chi connectivity index (χ0n) is 14.7. The molecule has 0 amide bonds. The maximum atomic E-state index is 4.56. The van der Waals surface area contributed by atoms with E-state index in [1.54, 1.807) is 0 Å². The Labute approximate surface area is 131 Å². The van der Waals surface area contributed by atoms with E-state index < -0.39 is 0 Å². The molecule has 1 atom stereocenters. The second kappa shape index (κ2) is 9.94. The number of nitrogens with one attached hydrogen (secondary N) is 1. The standard InChI is InChI=1S/C15H22N2.2C2H6/c1-11-8-12-9-14(6-7-15(12)16-10-11)17-13-4-2-3-5-13;2*1-2/h8,10,13-14,17H,2-7,9H2,1H3;2*1-2H3. The van der Waals surface area contributed by atoms with Crippen LogP contribution in [0.25, 0.3) is 0 Å². The molecule has 1 aromatic rings. The normalized spacial score (nSPS) is 20.7. The van der Waals surface area contributed by atoms with Crippen molar-refractivity contribution in [2.45, 2.75) is 91.6 Å². The first kappa shape index (κ1) is 18.2. The van der Waals surface area contributed by atoms with Crippen LogP contribution in [0.15, 0.2) is 12.3 Å². The van der Waals surface area contributed by atoms with Crippen molar-refractivity contribution in [1.82, 2.24) is 10.3 Å². The van der Waals surface area contributed by atoms with Crippen LogP contribution in [0.3, 0.4) is 0 Å². The fourth-order valence-corrected chi connectivity index (χ4v) is 3.31. The lowest BCUT2D eigenvalue weighted by molar-refractivity contribution is 0.393. The van der Waals surface area contributed by atoms with Gasteiger partial charge in [-0.3, -0.25) is 4.98 Å². The molecule has 0 bridgehead atoms. The van der Waals surface area contributed by atoms with E-state index in [9.17, 15) is 0 Å². The highest BCUT2D eigenvalue weighted by Gasteiger charge is 2.23. The van der Waals surface area contributed by atoms with Gasteiger partial charge in [0.05, 0.1) is 0 Å². The summed E-state index contributed by atoms with van der Waals surface area (Å²) in [5.74, 6) is 0. The molecular weight excluding hydrogens is 256 g/mol. The predicted molar refractivity (Wildman–Crippen MR) is 92.9 cm³/mol. The Morgan fingerprint density at radius 3 is 2.33 bits per heavy atom. The Morgan fingerprint density at radius 1 is 1.00 bits per heavy atom. The second-order valence-electron chi connectivity index (χ2n) is 5.71. The lowest BCUT2D eigenvalue weighted by Crippen LogP contribution is -2.40. The van der Waals surface area contributed by atoms with Crippen LogP contribution in [-0.2, 0) is 12.8 Å². The van der Waals surface area contributed by atoms with E-state index in [4.69, 9.17) is 0 Å². The first-order valence-corrected chi connectivity index (χ1v) is 9.02. The molecule has 0 saturated heterocycles. The van der Waals surface area contributed by atoms with E-state index in [0.717, 1.165) is 12.5 Å². The molecule has 2 aliphatic rings. The monoisotopic (exact) mass is 290 g/mol. The molecule has 120 valence electrons. The summed E-state index contributed by atoms with van der Waals surface area (Å²) >= 11 is 0. The molecule has 1 fully saturated rings. The molecule has 1 N–H and O–H groups in total. The smallest absolute Gasteiger partial charge is 0.0436 e. The third kappa shape index (κ3) is 5.43. The van der Waals surface area contributed by atoms with Gasteiger partial charge >= 0.3 is 0 Å². The zero-order chi connectivity index (χ0) is 15.7. The molecule has 1 unspecified atom stereocenters. The molecule has 3 rings (SSSR count). The van der Waals surface area contributed by atoms with Gasteiger partial charge in [0, 0.05) is 24.0 Å². The molecular formula is C19H34N2. The average molecular weight is 290 g/mol. The summed E-state index contributed by atoms with van der Waals surface area (Å²) in [6, 6.07) is 3.80. The predicted octanol–water partition coefficient (Wildman–Crippen LogP) is 4.83. The summed E-state index contributed by atoms with van der Waals surface area (Å²) in [5, 5.41) is 3.85. The van der Waals surface area contributed by atoms with Crippen LogP contribution in [0.4, 0.5) is 0 Å². The Morgan fingerprint density at radius 2 is 1.67 bits per heavy atom. The number of hydrogen-bond donors (Lipinski definition) is 1. The quantitative estimate of drug-likeness (QED) is 0.843. The number of aromatic nitrogens is 1. The van der Waals surface area contributed by atoms with Crippen molar-refractivity contribution in [2.75, 3.05) is 0 Å². The topological polar surface area (TPSA) is 24.9 Å². The SMILES string of the molecule is CC.CC.Cc1cnc2c(c1)CC(NC1CCCC1)CC2. The van der Waals surface area contributed by atoms with Gasteiger partial charge in [-0.15, -0.1) is 0 Å². The minimum atomic E-state index is 0.689. The minimum Gasteiger partial charge on any atom is -0.311 e. The van der Waals surface area contributed by atoms with Gasteiger partial charge in [0.1, 0.15) is 0 Å². The van der Waals surface area contributed by atoms with Crippen molar-refractivity contribution in [1.29, 1.82) is 0 Å². The van der Waals surface area contributed by atoms with Crippen LogP contribution in [-0.4, -0.2) is 17.1 Å². The van der Waals surface area contributed by atoms with E-state index in [0.29, 0.717) is 6.04 Å². The van der Waals surface area contributed by atoms with E-state index in [1.165, 1.54) is 55.3 Å². The lowest BCUT2D eigenvalue weighted by atomic mass is 9.90. The fraction of sp³-hybridized carbons (Fsp3) is 0.737. The van der Waals surface area contributed by atoms with Crippen LogP contribution < -0.4 is 5.32 Å². The maximum Gasteiger partial charge on any atom is 0.0436 e. The highest BCUT2D eigenvalue weighted by molar-refractivity contribution is 5.28. The highest BCUT2D eigenvalue weighted by atomic mass is 15.0. The molecule has 0 aromatic carbocycles. The summed E-state index contributed by atoms with van der Waals surface area (Å²) in [4.78, 5) is 4.56. The van der Waals surface area contributed by atoms with Gasteiger partial charge in [-0.25, -0.2) is 0 Å². The van der Waals surface area contributed by atoms with Gasteiger partial charge in [0.25, 0.3) is 0 Å². The van der Waals surface area contributed by atoms with Gasteiger partial charge in [-0.1, -0.05) is 46.6 Å². The van der Waals surface area contributed by atoms with Gasteiger partial charge < -0.3 is 5.32 Å². The minimum absolute atomic E-state index is 0.689. The van der Waals surface area contributed by atoms with Gasteiger partial charge in [-0.2, -0.15) is 0 Å². The van der Waals surface area contributed by atoms with Crippen molar-refractivity contribution in [3.8, 4) is 0 Å². The van der Waals surface area contributed by atoms with Gasteiger partial charge in [-0.05, 0) is 50.2 Å². The van der Waals surface area contributed by atoms with Crippen LogP contribution in [0, 0.1) is 6.92 Å². The van der Waals surface area contributed by atoms with E-state index >= 15 is 0 Å². The van der Waals surface area contributed by atoms with Crippen molar-refractivity contribution in [3.63, 3.8) is 0 Å². The van der Waals surface area contributed by atoms with Crippen molar-refractivity contribution >= 4 is 0 Å². The second-order valence-corrected chi connectivity index (χ2v) is 5.71. The first-order valence-electron chi connectivity index (χ1n) is 9.02. The van der Waals surface area contributed by atoms with Crippen LogP contribution >= 0.6 is 0 Å². The number of nitrogens with zero attached hydrogens (tertiary/aromatic N) is 1.